The zero-order valence-electron chi connectivity index (χ0n) is 14.9. The van der Waals surface area contributed by atoms with Gasteiger partial charge in [0.15, 0.2) is 0 Å². The van der Waals surface area contributed by atoms with Crippen molar-refractivity contribution in [3.63, 3.8) is 0 Å². The van der Waals surface area contributed by atoms with Crippen molar-refractivity contribution in [1.82, 2.24) is 5.32 Å². The average Bonchev–Trinajstić information content (AvgIpc) is 2.65. The molecule has 0 amide bonds. The van der Waals surface area contributed by atoms with E-state index in [-0.39, 0.29) is 0 Å². The Balaban J connectivity index is 1.76. The summed E-state index contributed by atoms with van der Waals surface area (Å²) in [5.74, 6) is -1.21. The molecule has 0 saturated carbocycles. The van der Waals surface area contributed by atoms with E-state index in [1.165, 1.54) is 0 Å². The fourth-order valence-electron chi connectivity index (χ4n) is 2.84. The van der Waals surface area contributed by atoms with E-state index >= 15 is 0 Å². The number of carboxylic acids is 1. The van der Waals surface area contributed by atoms with Gasteiger partial charge in [-0.25, -0.2) is 0 Å². The molecule has 0 bridgehead atoms. The molecule has 0 heterocycles. The van der Waals surface area contributed by atoms with Gasteiger partial charge in [0, 0.05) is 6.54 Å². The quantitative estimate of drug-likeness (QED) is 0.351. The van der Waals surface area contributed by atoms with Gasteiger partial charge in [-0.05, 0) is 49.1 Å². The normalized spacial score (nSPS) is 13.3. The maximum Gasteiger partial charge on any atom is 0.306 e. The van der Waals surface area contributed by atoms with Crippen molar-refractivity contribution in [3.05, 3.63) is 63.6 Å². The number of aliphatic hydroxyl groups excluding tert-OH is 1. The van der Waals surface area contributed by atoms with E-state index < -0.39 is 18.0 Å². The van der Waals surface area contributed by atoms with Crippen molar-refractivity contribution < 1.29 is 15.0 Å². The number of nitrogens with two attached hydrogens (primary N) is 1. The Morgan fingerprint density at radius 3 is 2.37 bits per heavy atom. The number of carboxylic acid groups (broad SMARTS) is 1. The van der Waals surface area contributed by atoms with Gasteiger partial charge in [0.1, 0.15) is 0 Å². The monoisotopic (exact) mass is 410 g/mol. The van der Waals surface area contributed by atoms with Crippen LogP contribution in [-0.4, -0.2) is 29.3 Å². The third-order valence-electron chi connectivity index (χ3n) is 4.40. The molecule has 0 fully saturated rings. The van der Waals surface area contributed by atoms with Crippen LogP contribution in [0.3, 0.4) is 0 Å². The summed E-state index contributed by atoms with van der Waals surface area (Å²) in [6, 6.07) is 12.8. The molecule has 5 nitrogen and oxygen atoms in total. The van der Waals surface area contributed by atoms with E-state index in [9.17, 15) is 15.0 Å². The lowest BCUT2D eigenvalue weighted by atomic mass is 9.95. The van der Waals surface area contributed by atoms with Crippen molar-refractivity contribution in [2.75, 3.05) is 18.8 Å². The van der Waals surface area contributed by atoms with Crippen LogP contribution in [-0.2, 0) is 11.2 Å². The van der Waals surface area contributed by atoms with Crippen LogP contribution < -0.4 is 11.1 Å². The number of benzene rings is 2. The second kappa shape index (κ2) is 10.5. The van der Waals surface area contributed by atoms with Gasteiger partial charge in [-0.1, -0.05) is 53.5 Å². The van der Waals surface area contributed by atoms with Crippen LogP contribution in [0.4, 0.5) is 5.69 Å². The van der Waals surface area contributed by atoms with Gasteiger partial charge in [-0.3, -0.25) is 4.79 Å². The Labute approximate surface area is 169 Å². The highest BCUT2D eigenvalue weighted by Crippen LogP contribution is 2.31. The van der Waals surface area contributed by atoms with Crippen LogP contribution in [0, 0.1) is 5.92 Å². The summed E-state index contributed by atoms with van der Waals surface area (Å²) in [7, 11) is 0. The largest absolute Gasteiger partial charge is 0.481 e. The summed E-state index contributed by atoms with van der Waals surface area (Å²) in [5.41, 5.74) is 7.58. The molecular weight excluding hydrogens is 387 g/mol. The summed E-state index contributed by atoms with van der Waals surface area (Å²) >= 11 is 12.0. The second-order valence-corrected chi connectivity index (χ2v) is 7.30. The molecule has 2 atom stereocenters. The average molecular weight is 411 g/mol. The maximum atomic E-state index is 11.5. The van der Waals surface area contributed by atoms with E-state index in [4.69, 9.17) is 28.9 Å². The number of nitrogen functional groups attached to an aromatic ring is 1. The van der Waals surface area contributed by atoms with Gasteiger partial charge >= 0.3 is 5.97 Å². The van der Waals surface area contributed by atoms with Gasteiger partial charge in [0.2, 0.25) is 0 Å². The molecule has 2 rings (SSSR count). The van der Waals surface area contributed by atoms with E-state index in [1.54, 1.807) is 12.1 Å². The minimum absolute atomic E-state index is 0.292. The van der Waals surface area contributed by atoms with E-state index in [2.05, 4.69) is 5.32 Å². The van der Waals surface area contributed by atoms with Crippen LogP contribution in [0.5, 0.6) is 0 Å². The maximum absolute atomic E-state index is 11.5. The highest BCUT2D eigenvalue weighted by Gasteiger charge is 2.17. The number of halogens is 2. The third kappa shape index (κ3) is 6.70. The first-order valence-electron chi connectivity index (χ1n) is 8.78. The molecule has 0 aromatic heterocycles. The van der Waals surface area contributed by atoms with Crippen molar-refractivity contribution in [3.8, 4) is 0 Å². The molecule has 0 spiro atoms. The fraction of sp³-hybridized carbons (Fsp3) is 0.350. The first kappa shape index (κ1) is 21.5. The van der Waals surface area contributed by atoms with Crippen LogP contribution in [0.2, 0.25) is 10.0 Å². The minimum atomic E-state index is -0.787. The van der Waals surface area contributed by atoms with E-state index in [0.29, 0.717) is 53.6 Å². The van der Waals surface area contributed by atoms with E-state index in [0.717, 1.165) is 5.56 Å². The van der Waals surface area contributed by atoms with Crippen molar-refractivity contribution in [2.24, 2.45) is 5.92 Å². The molecule has 2 unspecified atom stereocenters. The first-order valence-corrected chi connectivity index (χ1v) is 9.54. The standard InChI is InChI=1S/C20H24Cl2N2O3/c21-16-10-15(11-17(22)19(16)23)18(25)12-24-8-4-7-14(20(26)27)9-13-5-2-1-3-6-13/h1-3,5-6,10-11,14,18,24-25H,4,7-9,12,23H2,(H,26,27). The molecule has 27 heavy (non-hydrogen) atoms. The SMILES string of the molecule is Nc1c(Cl)cc(C(O)CNCCCC(Cc2ccccc2)C(=O)O)cc1Cl. The van der Waals surface area contributed by atoms with Crippen LogP contribution >= 0.6 is 23.2 Å². The minimum Gasteiger partial charge on any atom is -0.481 e. The number of anilines is 1. The summed E-state index contributed by atoms with van der Waals surface area (Å²) < 4.78 is 0. The molecule has 0 saturated heterocycles. The van der Waals surface area contributed by atoms with Crippen molar-refractivity contribution >= 4 is 34.9 Å². The summed E-state index contributed by atoms with van der Waals surface area (Å²) in [4.78, 5) is 11.5. The second-order valence-electron chi connectivity index (χ2n) is 6.49. The number of aliphatic hydroxyl groups is 1. The molecule has 0 aliphatic carbocycles. The number of hydrogen-bond donors (Lipinski definition) is 4. The Morgan fingerprint density at radius 2 is 1.78 bits per heavy atom. The number of rotatable bonds is 10. The van der Waals surface area contributed by atoms with Crippen molar-refractivity contribution in [1.29, 1.82) is 0 Å². The summed E-state index contributed by atoms with van der Waals surface area (Å²) in [6.45, 7) is 0.916. The zero-order chi connectivity index (χ0) is 19.8. The molecule has 7 heteroatoms. The molecule has 2 aromatic carbocycles. The Kier molecular flexibility index (Phi) is 8.38. The van der Waals surface area contributed by atoms with Gasteiger partial charge in [0.25, 0.3) is 0 Å². The highest BCUT2D eigenvalue weighted by molar-refractivity contribution is 6.38. The Hall–Kier alpha value is -1.79. The fourth-order valence-corrected chi connectivity index (χ4v) is 3.34. The number of aliphatic carboxylic acids is 1. The molecule has 0 aliphatic rings. The van der Waals surface area contributed by atoms with Gasteiger partial charge in [-0.15, -0.1) is 0 Å². The van der Waals surface area contributed by atoms with Crippen LogP contribution in [0.15, 0.2) is 42.5 Å². The lowest BCUT2D eigenvalue weighted by molar-refractivity contribution is -0.141. The van der Waals surface area contributed by atoms with Gasteiger partial charge in [-0.2, -0.15) is 0 Å². The molecule has 2 aromatic rings. The Bertz CT molecular complexity index is 733. The number of hydrogen-bond acceptors (Lipinski definition) is 4. The zero-order valence-corrected chi connectivity index (χ0v) is 16.4. The highest BCUT2D eigenvalue weighted by atomic mass is 35.5. The summed E-state index contributed by atoms with van der Waals surface area (Å²) in [5, 5.41) is 23.4. The third-order valence-corrected chi connectivity index (χ3v) is 5.03. The van der Waals surface area contributed by atoms with Crippen LogP contribution in [0.1, 0.15) is 30.1 Å². The Morgan fingerprint density at radius 1 is 1.15 bits per heavy atom. The smallest absolute Gasteiger partial charge is 0.306 e. The number of nitrogens with one attached hydrogen (secondary N) is 1. The van der Waals surface area contributed by atoms with Gasteiger partial charge < -0.3 is 21.3 Å². The predicted molar refractivity (Wildman–Crippen MR) is 109 cm³/mol. The molecular formula is C20H24Cl2N2O3. The molecule has 5 N–H and O–H groups in total. The molecule has 0 aliphatic heterocycles. The number of carbonyl (C=O) groups is 1. The molecule has 0 radical (unpaired) electrons. The first-order chi connectivity index (χ1) is 12.9. The lowest BCUT2D eigenvalue weighted by Gasteiger charge is -2.15. The van der Waals surface area contributed by atoms with E-state index in [1.807, 2.05) is 30.3 Å². The van der Waals surface area contributed by atoms with Crippen LogP contribution in [0.25, 0.3) is 0 Å². The topological polar surface area (TPSA) is 95.6 Å². The predicted octanol–water partition coefficient (Wildman–Crippen LogP) is 3.92. The van der Waals surface area contributed by atoms with Crippen molar-refractivity contribution in [2.45, 2.75) is 25.4 Å². The summed E-state index contributed by atoms with van der Waals surface area (Å²) in [6.07, 6.45) is 0.994. The van der Waals surface area contributed by atoms with Gasteiger partial charge in [0.05, 0.1) is 27.8 Å². The molecule has 146 valence electrons. The lowest BCUT2D eigenvalue weighted by Crippen LogP contribution is -2.24.